The molecule has 0 saturated carbocycles. The number of aryl methyl sites for hydroxylation is 1. The second-order valence-corrected chi connectivity index (χ2v) is 2.68. The summed E-state index contributed by atoms with van der Waals surface area (Å²) in [6.45, 7) is 3.51. The molecule has 0 unspecified atom stereocenters. The molecule has 0 amide bonds. The van der Waals surface area contributed by atoms with Crippen LogP contribution in [0.2, 0.25) is 0 Å². The maximum Gasteiger partial charge on any atom is 0.0544 e. The number of hydrogen-bond acceptors (Lipinski definition) is 1. The molecule has 1 aromatic carbocycles. The summed E-state index contributed by atoms with van der Waals surface area (Å²) in [6, 6.07) is 10.1. The molecule has 1 radical (unpaired) electrons. The fourth-order valence-corrected chi connectivity index (χ4v) is 0.978. The van der Waals surface area contributed by atoms with Crippen molar-refractivity contribution in [3.8, 4) is 0 Å². The second-order valence-electron chi connectivity index (χ2n) is 2.68. The Balaban J connectivity index is 2.39. The molecule has 0 bridgehead atoms. The first-order chi connectivity index (χ1) is 5.29. The standard InChI is InChI=1S/C10H13O/c1-9(11)7-8-10-5-3-2-4-6-10/h2-6,9,11H,1,7-8H2/t9-/m1/s1. The van der Waals surface area contributed by atoms with Crippen LogP contribution in [0.25, 0.3) is 0 Å². The van der Waals surface area contributed by atoms with Gasteiger partial charge in [0.05, 0.1) is 6.10 Å². The van der Waals surface area contributed by atoms with Crippen molar-refractivity contribution in [3.63, 3.8) is 0 Å². The summed E-state index contributed by atoms with van der Waals surface area (Å²) in [6.07, 6.45) is 1.21. The van der Waals surface area contributed by atoms with E-state index < -0.39 is 6.10 Å². The van der Waals surface area contributed by atoms with Gasteiger partial charge in [0, 0.05) is 0 Å². The van der Waals surface area contributed by atoms with E-state index >= 15 is 0 Å². The Labute approximate surface area is 67.7 Å². The lowest BCUT2D eigenvalue weighted by atomic mass is 10.1. The molecule has 1 nitrogen and oxygen atoms in total. The molecule has 1 rings (SSSR count). The summed E-state index contributed by atoms with van der Waals surface area (Å²) in [5.41, 5.74) is 1.26. The van der Waals surface area contributed by atoms with Crippen molar-refractivity contribution < 1.29 is 5.11 Å². The zero-order valence-electron chi connectivity index (χ0n) is 6.53. The molecule has 0 aromatic heterocycles. The number of aliphatic hydroxyl groups is 1. The quantitative estimate of drug-likeness (QED) is 0.695. The smallest absolute Gasteiger partial charge is 0.0544 e. The van der Waals surface area contributed by atoms with Crippen LogP contribution in [-0.2, 0) is 6.42 Å². The first-order valence-corrected chi connectivity index (χ1v) is 3.84. The Morgan fingerprint density at radius 3 is 2.45 bits per heavy atom. The number of hydrogen-bond donors (Lipinski definition) is 1. The van der Waals surface area contributed by atoms with Crippen LogP contribution < -0.4 is 0 Å². The van der Waals surface area contributed by atoms with E-state index in [1.807, 2.05) is 18.2 Å². The molecule has 1 aromatic rings. The summed E-state index contributed by atoms with van der Waals surface area (Å²) in [7, 11) is 0. The van der Waals surface area contributed by atoms with Crippen LogP contribution in [0.5, 0.6) is 0 Å². The molecule has 1 N–H and O–H groups in total. The highest BCUT2D eigenvalue weighted by Crippen LogP contribution is 2.03. The number of benzene rings is 1. The Morgan fingerprint density at radius 2 is 1.91 bits per heavy atom. The third kappa shape index (κ3) is 3.19. The lowest BCUT2D eigenvalue weighted by molar-refractivity contribution is 0.210. The van der Waals surface area contributed by atoms with Gasteiger partial charge >= 0.3 is 0 Å². The average Bonchev–Trinajstić information content (AvgIpc) is 2.03. The van der Waals surface area contributed by atoms with Crippen LogP contribution in [0.1, 0.15) is 12.0 Å². The summed E-state index contributed by atoms with van der Waals surface area (Å²) in [5, 5.41) is 8.90. The van der Waals surface area contributed by atoms with Gasteiger partial charge in [-0.3, -0.25) is 0 Å². The molecular formula is C10H13O. The Kier molecular flexibility index (Phi) is 3.12. The zero-order chi connectivity index (χ0) is 8.10. The fraction of sp³-hybridized carbons (Fsp3) is 0.300. The van der Waals surface area contributed by atoms with E-state index in [1.54, 1.807) is 0 Å². The fourth-order valence-electron chi connectivity index (χ4n) is 0.978. The van der Waals surface area contributed by atoms with Crippen molar-refractivity contribution in [2.75, 3.05) is 0 Å². The van der Waals surface area contributed by atoms with Gasteiger partial charge in [-0.2, -0.15) is 0 Å². The Hall–Kier alpha value is -0.820. The molecule has 11 heavy (non-hydrogen) atoms. The molecule has 0 aliphatic heterocycles. The van der Waals surface area contributed by atoms with Crippen LogP contribution in [0, 0.1) is 6.92 Å². The lowest BCUT2D eigenvalue weighted by Crippen LogP contribution is -2.01. The maximum absolute atomic E-state index is 8.90. The minimum atomic E-state index is -0.435. The summed E-state index contributed by atoms with van der Waals surface area (Å²) < 4.78 is 0. The van der Waals surface area contributed by atoms with Crippen molar-refractivity contribution in [1.82, 2.24) is 0 Å². The van der Waals surface area contributed by atoms with Crippen molar-refractivity contribution in [1.29, 1.82) is 0 Å². The molecule has 0 heterocycles. The minimum absolute atomic E-state index is 0.435. The summed E-state index contributed by atoms with van der Waals surface area (Å²) >= 11 is 0. The number of aliphatic hydroxyl groups excluding tert-OH is 1. The van der Waals surface area contributed by atoms with Gasteiger partial charge in [-0.25, -0.2) is 0 Å². The predicted octanol–water partition coefficient (Wildman–Crippen LogP) is 1.81. The maximum atomic E-state index is 8.90. The van der Waals surface area contributed by atoms with Gasteiger partial charge in [0.1, 0.15) is 0 Å². The van der Waals surface area contributed by atoms with Crippen LogP contribution >= 0.6 is 0 Å². The van der Waals surface area contributed by atoms with Crippen molar-refractivity contribution in [3.05, 3.63) is 42.8 Å². The molecule has 0 saturated heterocycles. The van der Waals surface area contributed by atoms with E-state index in [1.165, 1.54) is 5.56 Å². The molecule has 0 aliphatic rings. The van der Waals surface area contributed by atoms with Gasteiger partial charge in [0.15, 0.2) is 0 Å². The van der Waals surface area contributed by atoms with Gasteiger partial charge in [-0.1, -0.05) is 30.3 Å². The molecular weight excluding hydrogens is 136 g/mol. The molecule has 59 valence electrons. The third-order valence-corrected chi connectivity index (χ3v) is 1.61. The van der Waals surface area contributed by atoms with E-state index in [2.05, 4.69) is 19.1 Å². The monoisotopic (exact) mass is 149 g/mol. The van der Waals surface area contributed by atoms with Crippen LogP contribution in [-0.4, -0.2) is 11.2 Å². The van der Waals surface area contributed by atoms with Crippen LogP contribution in [0.3, 0.4) is 0 Å². The molecule has 0 aliphatic carbocycles. The first-order valence-electron chi connectivity index (χ1n) is 3.84. The predicted molar refractivity (Wildman–Crippen MR) is 46.1 cm³/mol. The van der Waals surface area contributed by atoms with E-state index in [4.69, 9.17) is 5.11 Å². The van der Waals surface area contributed by atoms with Crippen LogP contribution in [0.4, 0.5) is 0 Å². The molecule has 0 fully saturated rings. The van der Waals surface area contributed by atoms with Gasteiger partial charge in [0.25, 0.3) is 0 Å². The van der Waals surface area contributed by atoms with Crippen molar-refractivity contribution in [2.45, 2.75) is 18.9 Å². The minimum Gasteiger partial charge on any atom is -0.393 e. The lowest BCUT2D eigenvalue weighted by Gasteiger charge is -2.02. The largest absolute Gasteiger partial charge is 0.393 e. The van der Waals surface area contributed by atoms with Crippen molar-refractivity contribution in [2.24, 2.45) is 0 Å². The second kappa shape index (κ2) is 4.14. The van der Waals surface area contributed by atoms with E-state index in [9.17, 15) is 0 Å². The van der Waals surface area contributed by atoms with Gasteiger partial charge < -0.3 is 5.11 Å². The topological polar surface area (TPSA) is 20.2 Å². The van der Waals surface area contributed by atoms with Gasteiger partial charge in [-0.05, 0) is 25.3 Å². The van der Waals surface area contributed by atoms with Gasteiger partial charge in [0.2, 0.25) is 0 Å². The normalized spacial score (nSPS) is 12.9. The summed E-state index contributed by atoms with van der Waals surface area (Å²) in [5.74, 6) is 0. The third-order valence-electron chi connectivity index (χ3n) is 1.61. The highest BCUT2D eigenvalue weighted by Gasteiger charge is 1.95. The Morgan fingerprint density at radius 1 is 1.27 bits per heavy atom. The van der Waals surface area contributed by atoms with E-state index in [0.29, 0.717) is 0 Å². The highest BCUT2D eigenvalue weighted by atomic mass is 16.3. The Bertz CT molecular complexity index is 191. The zero-order valence-corrected chi connectivity index (χ0v) is 6.53. The molecule has 1 atom stereocenters. The summed E-state index contributed by atoms with van der Waals surface area (Å²) in [4.78, 5) is 0. The highest BCUT2D eigenvalue weighted by molar-refractivity contribution is 5.14. The first kappa shape index (κ1) is 8.28. The van der Waals surface area contributed by atoms with E-state index in [-0.39, 0.29) is 0 Å². The molecule has 1 heteroatoms. The number of rotatable bonds is 3. The van der Waals surface area contributed by atoms with Gasteiger partial charge in [-0.15, -0.1) is 0 Å². The van der Waals surface area contributed by atoms with Crippen LogP contribution in [0.15, 0.2) is 30.3 Å². The van der Waals surface area contributed by atoms with E-state index in [0.717, 1.165) is 12.8 Å². The average molecular weight is 149 g/mol. The SMILES string of the molecule is [CH2][C@@H](O)CCc1ccccc1. The molecule has 0 spiro atoms. The van der Waals surface area contributed by atoms with Crippen molar-refractivity contribution >= 4 is 0 Å².